The average Bonchev–Trinajstić information content (AvgIpc) is 3.50. The highest BCUT2D eigenvalue weighted by Gasteiger charge is 2.32. The molecule has 0 saturated heterocycles. The van der Waals surface area contributed by atoms with Crippen molar-refractivity contribution < 1.29 is 27.9 Å². The van der Waals surface area contributed by atoms with Gasteiger partial charge in [0.25, 0.3) is 0 Å². The number of carbonyl (C=O) groups is 2. The lowest BCUT2D eigenvalue weighted by Crippen LogP contribution is -2.41. The van der Waals surface area contributed by atoms with E-state index < -0.39 is 23.5 Å². The van der Waals surface area contributed by atoms with Crippen molar-refractivity contribution >= 4 is 40.8 Å². The number of halogens is 4. The van der Waals surface area contributed by atoms with Crippen LogP contribution >= 0.6 is 22.9 Å². The van der Waals surface area contributed by atoms with Crippen LogP contribution in [-0.4, -0.2) is 45.0 Å². The molecular weight excluding hydrogens is 545 g/mol. The maximum absolute atomic E-state index is 12.9. The molecule has 200 valence electrons. The molecule has 3 heterocycles. The minimum absolute atomic E-state index is 0.0101. The molecule has 9 nitrogen and oxygen atoms in total. The Bertz CT molecular complexity index is 1330. The Balaban J connectivity index is 0.000000215. The molecule has 0 saturated carbocycles. The molecule has 0 bridgehead atoms. The lowest BCUT2D eigenvalue weighted by molar-refractivity contribution is -0.137. The van der Waals surface area contributed by atoms with Crippen molar-refractivity contribution in [2.24, 2.45) is 5.73 Å². The Labute approximate surface area is 224 Å². The van der Waals surface area contributed by atoms with Crippen molar-refractivity contribution in [1.82, 2.24) is 25.9 Å². The fraction of sp³-hybridized carbons (Fsp3) is 0.167. The van der Waals surface area contributed by atoms with Gasteiger partial charge in [0.05, 0.1) is 21.8 Å². The fourth-order valence-corrected chi connectivity index (χ4v) is 4.26. The number of alkyl halides is 3. The van der Waals surface area contributed by atoms with E-state index in [0.29, 0.717) is 18.8 Å². The number of benzene rings is 1. The standard InChI is InChI=1S/C14H17F3N4.C10H5ClN2O3S/c15-14(16,17)13-5-2-1-4-11(13)10-12-6-9-21(20-12)19-8-3-7-18;11-6-5(4-17-8(6)10(15)16)7(14)9-12-2-1-3-13-9/h1-2,4-6,9-10,19-20H,3,7-8,18H2;1-4H,(H,15,16). The quantitative estimate of drug-likeness (QED) is 0.232. The SMILES string of the molecule is NCCCNN1C=CC(=Cc2ccccc2C(F)(F)F)N1.O=C(c1ncccn1)c1csc(C(=O)O)c1Cl. The van der Waals surface area contributed by atoms with Gasteiger partial charge in [0.15, 0.2) is 0 Å². The van der Waals surface area contributed by atoms with E-state index in [4.69, 9.17) is 22.4 Å². The van der Waals surface area contributed by atoms with Gasteiger partial charge in [0.2, 0.25) is 11.6 Å². The number of rotatable bonds is 8. The summed E-state index contributed by atoms with van der Waals surface area (Å²) in [5, 5.41) is 11.7. The van der Waals surface area contributed by atoms with E-state index in [0.717, 1.165) is 23.8 Å². The molecule has 1 aromatic carbocycles. The Morgan fingerprint density at radius 1 is 1.21 bits per heavy atom. The molecule has 14 heteroatoms. The van der Waals surface area contributed by atoms with Crippen LogP contribution in [0.2, 0.25) is 5.02 Å². The van der Waals surface area contributed by atoms with Crippen LogP contribution in [-0.2, 0) is 6.18 Å². The van der Waals surface area contributed by atoms with Crippen molar-refractivity contribution in [3.05, 3.63) is 98.5 Å². The Hall–Kier alpha value is -3.78. The lowest BCUT2D eigenvalue weighted by atomic mass is 10.1. The van der Waals surface area contributed by atoms with Gasteiger partial charge in [-0.2, -0.15) is 13.2 Å². The zero-order valence-electron chi connectivity index (χ0n) is 19.6. The average molecular weight is 567 g/mol. The number of carbonyl (C=O) groups excluding carboxylic acids is 1. The highest BCUT2D eigenvalue weighted by molar-refractivity contribution is 7.13. The minimum Gasteiger partial charge on any atom is -0.477 e. The molecule has 1 aliphatic heterocycles. The number of ketones is 1. The molecule has 2 aromatic heterocycles. The zero-order valence-corrected chi connectivity index (χ0v) is 21.1. The van der Waals surface area contributed by atoms with E-state index in [1.54, 1.807) is 29.5 Å². The summed E-state index contributed by atoms with van der Waals surface area (Å²) < 4.78 is 38.7. The molecule has 0 amide bonds. The number of nitrogens with zero attached hydrogens (tertiary/aromatic N) is 3. The van der Waals surface area contributed by atoms with Crippen LogP contribution in [0.15, 0.2) is 66.1 Å². The second kappa shape index (κ2) is 13.1. The number of aromatic nitrogens is 2. The zero-order chi connectivity index (χ0) is 27.7. The van der Waals surface area contributed by atoms with Crippen LogP contribution in [0.5, 0.6) is 0 Å². The smallest absolute Gasteiger partial charge is 0.416 e. The first-order chi connectivity index (χ1) is 18.1. The molecule has 38 heavy (non-hydrogen) atoms. The summed E-state index contributed by atoms with van der Waals surface area (Å²) in [7, 11) is 0. The van der Waals surface area contributed by atoms with Gasteiger partial charge in [-0.3, -0.25) is 10.2 Å². The van der Waals surface area contributed by atoms with Crippen LogP contribution in [0, 0.1) is 0 Å². The molecule has 0 fully saturated rings. The summed E-state index contributed by atoms with van der Waals surface area (Å²) in [6, 6.07) is 7.05. The number of nitrogens with two attached hydrogens (primary N) is 1. The van der Waals surface area contributed by atoms with Crippen LogP contribution in [0.3, 0.4) is 0 Å². The number of allylic oxidation sites excluding steroid dienone is 1. The molecule has 5 N–H and O–H groups in total. The Kier molecular flexibility index (Phi) is 9.96. The number of carboxylic acid groups (broad SMARTS) is 1. The molecule has 0 spiro atoms. The summed E-state index contributed by atoms with van der Waals surface area (Å²) in [5.41, 5.74) is 11.5. The number of hydrogen-bond acceptors (Lipinski definition) is 9. The van der Waals surface area contributed by atoms with E-state index in [1.807, 2.05) is 0 Å². The molecule has 0 atom stereocenters. The van der Waals surface area contributed by atoms with Gasteiger partial charge in [-0.05, 0) is 42.8 Å². The largest absolute Gasteiger partial charge is 0.477 e. The number of hydrogen-bond donors (Lipinski definition) is 4. The predicted octanol–water partition coefficient (Wildman–Crippen LogP) is 4.35. The van der Waals surface area contributed by atoms with E-state index in [9.17, 15) is 22.8 Å². The molecular formula is C24H22ClF3N6O3S. The summed E-state index contributed by atoms with van der Waals surface area (Å²) in [6.07, 6.45) is 4.17. The molecule has 0 radical (unpaired) electrons. The Morgan fingerprint density at radius 2 is 1.92 bits per heavy atom. The van der Waals surface area contributed by atoms with E-state index in [-0.39, 0.29) is 26.9 Å². The van der Waals surface area contributed by atoms with Gasteiger partial charge >= 0.3 is 12.1 Å². The first-order valence-corrected chi connectivity index (χ1v) is 12.2. The molecule has 1 aliphatic rings. The third-order valence-corrected chi connectivity index (χ3v) is 6.30. The number of hydrazine groups is 2. The normalized spacial score (nSPS) is 13.7. The molecule has 4 rings (SSSR count). The van der Waals surface area contributed by atoms with Crippen LogP contribution in [0.25, 0.3) is 6.08 Å². The number of aromatic carboxylic acids is 1. The summed E-state index contributed by atoms with van der Waals surface area (Å²) in [4.78, 5) is 30.2. The van der Waals surface area contributed by atoms with Gasteiger partial charge in [-0.25, -0.2) is 25.3 Å². The number of nitrogens with one attached hydrogen (secondary N) is 2. The maximum atomic E-state index is 12.9. The van der Waals surface area contributed by atoms with E-state index in [2.05, 4.69) is 20.8 Å². The third-order valence-electron chi connectivity index (χ3n) is 4.83. The van der Waals surface area contributed by atoms with Crippen molar-refractivity contribution in [2.45, 2.75) is 12.6 Å². The third kappa shape index (κ3) is 7.61. The summed E-state index contributed by atoms with van der Waals surface area (Å²) in [6.45, 7) is 1.26. The van der Waals surface area contributed by atoms with E-state index >= 15 is 0 Å². The van der Waals surface area contributed by atoms with Crippen LogP contribution in [0.4, 0.5) is 13.2 Å². The first-order valence-electron chi connectivity index (χ1n) is 11.0. The minimum atomic E-state index is -4.37. The van der Waals surface area contributed by atoms with Gasteiger partial charge in [0.1, 0.15) is 4.88 Å². The summed E-state index contributed by atoms with van der Waals surface area (Å²) >= 11 is 6.72. The van der Waals surface area contributed by atoms with Crippen molar-refractivity contribution in [1.29, 1.82) is 0 Å². The molecule has 0 unspecified atom stereocenters. The first kappa shape index (κ1) is 28.8. The highest BCUT2D eigenvalue weighted by Crippen LogP contribution is 2.33. The maximum Gasteiger partial charge on any atom is 0.416 e. The van der Waals surface area contributed by atoms with Crippen molar-refractivity contribution in [2.75, 3.05) is 13.1 Å². The fourth-order valence-electron chi connectivity index (χ4n) is 3.07. The van der Waals surface area contributed by atoms with Gasteiger partial charge in [0, 0.05) is 30.5 Å². The Morgan fingerprint density at radius 3 is 2.55 bits per heavy atom. The van der Waals surface area contributed by atoms with Gasteiger partial charge in [-0.1, -0.05) is 29.8 Å². The van der Waals surface area contributed by atoms with Crippen molar-refractivity contribution in [3.63, 3.8) is 0 Å². The van der Waals surface area contributed by atoms with E-state index in [1.165, 1.54) is 36.0 Å². The predicted molar refractivity (Wildman–Crippen MR) is 137 cm³/mol. The van der Waals surface area contributed by atoms with Crippen molar-refractivity contribution in [3.8, 4) is 0 Å². The number of carboxylic acids is 1. The van der Waals surface area contributed by atoms with Gasteiger partial charge in [-0.15, -0.1) is 11.3 Å². The molecule has 3 aromatic rings. The second-order valence-electron chi connectivity index (χ2n) is 7.53. The lowest BCUT2D eigenvalue weighted by Gasteiger charge is -2.18. The van der Waals surface area contributed by atoms with Crippen LogP contribution < -0.4 is 16.6 Å². The number of thiophene rings is 1. The topological polar surface area (TPSA) is 133 Å². The second-order valence-corrected chi connectivity index (χ2v) is 8.79. The molecule has 0 aliphatic carbocycles. The highest BCUT2D eigenvalue weighted by atomic mass is 35.5. The summed E-state index contributed by atoms with van der Waals surface area (Å²) in [5.74, 6) is -1.66. The van der Waals surface area contributed by atoms with Crippen LogP contribution in [0.1, 0.15) is 43.4 Å². The monoisotopic (exact) mass is 566 g/mol. The van der Waals surface area contributed by atoms with Gasteiger partial charge < -0.3 is 10.8 Å².